The van der Waals surface area contributed by atoms with Gasteiger partial charge in [0.2, 0.25) is 0 Å². The summed E-state index contributed by atoms with van der Waals surface area (Å²) < 4.78 is 1.81. The molecule has 0 amide bonds. The summed E-state index contributed by atoms with van der Waals surface area (Å²) in [4.78, 5) is 12.2. The zero-order valence-corrected chi connectivity index (χ0v) is 10.1. The number of nitrogens with zero attached hydrogens (tertiary/aromatic N) is 1. The maximum absolute atomic E-state index is 12.2. The number of nitrogens with one attached hydrogen (secondary N) is 1. The summed E-state index contributed by atoms with van der Waals surface area (Å²) in [6.45, 7) is 4.51. The second-order valence-corrected chi connectivity index (χ2v) is 4.98. The average molecular weight is 223 g/mol. The number of rotatable bonds is 3. The third-order valence-corrected chi connectivity index (χ3v) is 3.51. The van der Waals surface area contributed by atoms with Gasteiger partial charge in [0.25, 0.3) is 5.56 Å². The zero-order chi connectivity index (χ0) is 11.7. The molecule has 1 saturated carbocycles. The van der Waals surface area contributed by atoms with Gasteiger partial charge in [0.05, 0.1) is 11.6 Å². The molecule has 1 fully saturated rings. The SMILES string of the molecule is CC(C)c1[nH]n(C2CCCC2)c(=O)c1CN. The van der Waals surface area contributed by atoms with Gasteiger partial charge in [0.15, 0.2) is 0 Å². The quantitative estimate of drug-likeness (QED) is 0.821. The van der Waals surface area contributed by atoms with Gasteiger partial charge in [0.1, 0.15) is 0 Å². The third-order valence-electron chi connectivity index (χ3n) is 3.51. The lowest BCUT2D eigenvalue weighted by molar-refractivity contribution is 0.449. The number of hydrogen-bond acceptors (Lipinski definition) is 2. The predicted molar refractivity (Wildman–Crippen MR) is 64.5 cm³/mol. The minimum absolute atomic E-state index is 0.0955. The van der Waals surface area contributed by atoms with E-state index in [1.54, 1.807) is 0 Å². The van der Waals surface area contributed by atoms with Crippen LogP contribution in [0.15, 0.2) is 4.79 Å². The molecule has 2 rings (SSSR count). The van der Waals surface area contributed by atoms with E-state index in [1.165, 1.54) is 12.8 Å². The Kier molecular flexibility index (Phi) is 3.19. The Labute approximate surface area is 95.8 Å². The maximum atomic E-state index is 12.2. The fraction of sp³-hybridized carbons (Fsp3) is 0.750. The zero-order valence-electron chi connectivity index (χ0n) is 10.1. The molecule has 4 heteroatoms. The van der Waals surface area contributed by atoms with Crippen molar-refractivity contribution in [3.05, 3.63) is 21.6 Å². The molecule has 0 unspecified atom stereocenters. The van der Waals surface area contributed by atoms with Gasteiger partial charge in [-0.3, -0.25) is 9.89 Å². The molecule has 16 heavy (non-hydrogen) atoms. The first kappa shape index (κ1) is 11.5. The second-order valence-electron chi connectivity index (χ2n) is 4.98. The van der Waals surface area contributed by atoms with Crippen LogP contribution in [0.5, 0.6) is 0 Å². The molecule has 90 valence electrons. The number of hydrogen-bond donors (Lipinski definition) is 2. The van der Waals surface area contributed by atoms with Crippen molar-refractivity contribution in [3.8, 4) is 0 Å². The van der Waals surface area contributed by atoms with E-state index < -0.39 is 0 Å². The highest BCUT2D eigenvalue weighted by atomic mass is 16.1. The van der Waals surface area contributed by atoms with Crippen LogP contribution in [0.3, 0.4) is 0 Å². The van der Waals surface area contributed by atoms with Crippen LogP contribution in [0, 0.1) is 0 Å². The Morgan fingerprint density at radius 3 is 2.50 bits per heavy atom. The molecule has 0 aromatic carbocycles. The van der Waals surface area contributed by atoms with E-state index in [9.17, 15) is 4.79 Å². The summed E-state index contributed by atoms with van der Waals surface area (Å²) in [5, 5.41) is 3.27. The van der Waals surface area contributed by atoms with Gasteiger partial charge in [-0.25, -0.2) is 4.68 Å². The second kappa shape index (κ2) is 4.45. The summed E-state index contributed by atoms with van der Waals surface area (Å²) >= 11 is 0. The first-order chi connectivity index (χ1) is 7.65. The summed E-state index contributed by atoms with van der Waals surface area (Å²) in [6.07, 6.45) is 4.68. The molecular weight excluding hydrogens is 202 g/mol. The fourth-order valence-electron chi connectivity index (χ4n) is 2.60. The molecular formula is C12H21N3O. The maximum Gasteiger partial charge on any atom is 0.271 e. The molecule has 4 nitrogen and oxygen atoms in total. The average Bonchev–Trinajstić information content (AvgIpc) is 2.84. The molecule has 0 spiro atoms. The van der Waals surface area contributed by atoms with Crippen molar-refractivity contribution in [3.63, 3.8) is 0 Å². The predicted octanol–water partition coefficient (Wildman–Crippen LogP) is 1.87. The van der Waals surface area contributed by atoms with Crippen molar-refractivity contribution < 1.29 is 0 Å². The van der Waals surface area contributed by atoms with Gasteiger partial charge in [-0.1, -0.05) is 26.7 Å². The van der Waals surface area contributed by atoms with Crippen LogP contribution in [0.1, 0.15) is 62.7 Å². The Morgan fingerprint density at radius 1 is 1.44 bits per heavy atom. The first-order valence-electron chi connectivity index (χ1n) is 6.18. The molecule has 0 bridgehead atoms. The third kappa shape index (κ3) is 1.82. The lowest BCUT2D eigenvalue weighted by atomic mass is 10.1. The van der Waals surface area contributed by atoms with Crippen molar-refractivity contribution in [1.29, 1.82) is 0 Å². The standard InChI is InChI=1S/C12H21N3O/c1-8(2)11-10(7-13)12(16)15(14-11)9-5-3-4-6-9/h8-9,14H,3-7,13H2,1-2H3. The molecule has 0 aliphatic heterocycles. The minimum Gasteiger partial charge on any atom is -0.326 e. The highest BCUT2D eigenvalue weighted by molar-refractivity contribution is 5.20. The molecule has 1 aliphatic carbocycles. The monoisotopic (exact) mass is 223 g/mol. The topological polar surface area (TPSA) is 63.8 Å². The molecule has 0 saturated heterocycles. The molecule has 1 aliphatic rings. The van der Waals surface area contributed by atoms with Gasteiger partial charge in [-0.2, -0.15) is 0 Å². The van der Waals surface area contributed by atoms with E-state index in [0.717, 1.165) is 24.1 Å². The molecule has 0 radical (unpaired) electrons. The van der Waals surface area contributed by atoms with E-state index in [1.807, 2.05) is 4.68 Å². The van der Waals surface area contributed by atoms with Crippen LogP contribution in [0.2, 0.25) is 0 Å². The highest BCUT2D eigenvalue weighted by Crippen LogP contribution is 2.28. The summed E-state index contributed by atoms with van der Waals surface area (Å²) in [6, 6.07) is 0.366. The van der Waals surface area contributed by atoms with E-state index in [2.05, 4.69) is 18.9 Å². The Bertz CT molecular complexity index is 410. The molecule has 1 aromatic heterocycles. The smallest absolute Gasteiger partial charge is 0.271 e. The van der Waals surface area contributed by atoms with Gasteiger partial charge in [-0.05, 0) is 18.8 Å². The van der Waals surface area contributed by atoms with Gasteiger partial charge < -0.3 is 5.73 Å². The van der Waals surface area contributed by atoms with Crippen molar-refractivity contribution in [2.45, 2.75) is 58.0 Å². The minimum atomic E-state index is 0.0955. The van der Waals surface area contributed by atoms with E-state index in [0.29, 0.717) is 18.5 Å². The van der Waals surface area contributed by atoms with Gasteiger partial charge in [-0.15, -0.1) is 0 Å². The van der Waals surface area contributed by atoms with Crippen molar-refractivity contribution >= 4 is 0 Å². The fourth-order valence-corrected chi connectivity index (χ4v) is 2.60. The largest absolute Gasteiger partial charge is 0.326 e. The first-order valence-corrected chi connectivity index (χ1v) is 6.18. The van der Waals surface area contributed by atoms with Crippen LogP contribution in [-0.4, -0.2) is 9.78 Å². The summed E-state index contributed by atoms with van der Waals surface area (Å²) in [5.41, 5.74) is 7.54. The molecule has 1 aromatic rings. The summed E-state index contributed by atoms with van der Waals surface area (Å²) in [7, 11) is 0. The van der Waals surface area contributed by atoms with Crippen LogP contribution in [-0.2, 0) is 6.54 Å². The number of aromatic amines is 1. The Hall–Kier alpha value is -1.03. The lowest BCUT2D eigenvalue weighted by Gasteiger charge is -2.10. The normalized spacial score (nSPS) is 17.5. The van der Waals surface area contributed by atoms with Crippen LogP contribution in [0.4, 0.5) is 0 Å². The molecule has 0 atom stereocenters. The van der Waals surface area contributed by atoms with Crippen molar-refractivity contribution in [2.75, 3.05) is 0 Å². The van der Waals surface area contributed by atoms with Crippen molar-refractivity contribution in [2.24, 2.45) is 5.73 Å². The van der Waals surface area contributed by atoms with Gasteiger partial charge in [0, 0.05) is 12.2 Å². The Balaban J connectivity index is 2.42. The van der Waals surface area contributed by atoms with E-state index in [4.69, 9.17) is 5.73 Å². The Morgan fingerprint density at radius 2 is 2.06 bits per heavy atom. The van der Waals surface area contributed by atoms with Crippen molar-refractivity contribution in [1.82, 2.24) is 9.78 Å². The highest BCUT2D eigenvalue weighted by Gasteiger charge is 2.23. The number of nitrogens with two attached hydrogens (primary N) is 1. The van der Waals surface area contributed by atoms with Crippen LogP contribution in [0.25, 0.3) is 0 Å². The number of H-pyrrole nitrogens is 1. The van der Waals surface area contributed by atoms with Gasteiger partial charge >= 0.3 is 0 Å². The molecule has 3 N–H and O–H groups in total. The lowest BCUT2D eigenvalue weighted by Crippen LogP contribution is -2.23. The van der Waals surface area contributed by atoms with Crippen LogP contribution >= 0.6 is 0 Å². The molecule has 1 heterocycles. The van der Waals surface area contributed by atoms with E-state index >= 15 is 0 Å². The van der Waals surface area contributed by atoms with E-state index in [-0.39, 0.29) is 5.56 Å². The summed E-state index contributed by atoms with van der Waals surface area (Å²) in [5.74, 6) is 0.328. The number of aromatic nitrogens is 2. The van der Waals surface area contributed by atoms with Crippen LogP contribution < -0.4 is 11.3 Å².